The van der Waals surface area contributed by atoms with Crippen molar-refractivity contribution in [1.82, 2.24) is 10.2 Å². The third-order valence-corrected chi connectivity index (χ3v) is 3.06. The molecule has 0 spiro atoms. The minimum atomic E-state index is -0.616. The Morgan fingerprint density at radius 1 is 1.37 bits per heavy atom. The van der Waals surface area contributed by atoms with E-state index < -0.39 is 6.03 Å². The van der Waals surface area contributed by atoms with Crippen LogP contribution in [0.4, 0.5) is 10.5 Å². The molecule has 0 aliphatic carbocycles. The highest BCUT2D eigenvalue weighted by Gasteiger charge is 2.21. The average molecular weight is 262 g/mol. The van der Waals surface area contributed by atoms with Gasteiger partial charge in [-0.25, -0.2) is 4.79 Å². The summed E-state index contributed by atoms with van der Waals surface area (Å²) in [5.41, 5.74) is 6.22. The van der Waals surface area contributed by atoms with Crippen LogP contribution >= 0.6 is 0 Å². The minimum absolute atomic E-state index is 0.0129. The molecule has 1 saturated heterocycles. The predicted octanol–water partition coefficient (Wildman–Crippen LogP) is 0.611. The molecule has 0 saturated carbocycles. The Morgan fingerprint density at radius 2 is 2.05 bits per heavy atom. The molecule has 0 radical (unpaired) electrons. The molecule has 0 unspecified atom stereocenters. The van der Waals surface area contributed by atoms with Crippen LogP contribution in [-0.2, 0) is 0 Å². The van der Waals surface area contributed by atoms with E-state index in [1.165, 1.54) is 0 Å². The molecule has 3 amide bonds. The second-order valence-corrected chi connectivity index (χ2v) is 4.67. The van der Waals surface area contributed by atoms with Crippen LogP contribution in [0.1, 0.15) is 17.3 Å². The van der Waals surface area contributed by atoms with E-state index in [1.807, 2.05) is 4.90 Å². The highest BCUT2D eigenvalue weighted by Crippen LogP contribution is 2.12. The maximum atomic E-state index is 12.3. The number of carbonyl (C=O) groups excluding carboxylic acids is 2. The first kappa shape index (κ1) is 13.4. The minimum Gasteiger partial charge on any atom is -0.351 e. The van der Waals surface area contributed by atoms with Gasteiger partial charge in [0.25, 0.3) is 5.91 Å². The monoisotopic (exact) mass is 262 g/mol. The zero-order chi connectivity index (χ0) is 13.8. The number of urea groups is 1. The Hall–Kier alpha value is -2.08. The second kappa shape index (κ2) is 5.71. The number of nitrogens with two attached hydrogens (primary N) is 1. The molecule has 19 heavy (non-hydrogen) atoms. The Morgan fingerprint density at radius 3 is 2.63 bits per heavy atom. The molecular weight excluding hydrogens is 244 g/mol. The smallest absolute Gasteiger partial charge is 0.316 e. The average Bonchev–Trinajstić information content (AvgIpc) is 2.38. The van der Waals surface area contributed by atoms with Gasteiger partial charge in [-0.2, -0.15) is 0 Å². The number of piperazine rings is 1. The van der Waals surface area contributed by atoms with E-state index in [9.17, 15) is 9.59 Å². The van der Waals surface area contributed by atoms with E-state index in [0.29, 0.717) is 30.4 Å². The summed E-state index contributed by atoms with van der Waals surface area (Å²) in [4.78, 5) is 24.8. The van der Waals surface area contributed by atoms with Gasteiger partial charge in [0.05, 0.1) is 0 Å². The van der Waals surface area contributed by atoms with Crippen molar-refractivity contribution in [3.63, 3.8) is 0 Å². The number of hydrogen-bond acceptors (Lipinski definition) is 3. The van der Waals surface area contributed by atoms with E-state index in [2.05, 4.69) is 17.6 Å². The number of amides is 3. The molecule has 2 rings (SSSR count). The van der Waals surface area contributed by atoms with Gasteiger partial charge in [0.15, 0.2) is 0 Å². The molecule has 1 aliphatic rings. The highest BCUT2D eigenvalue weighted by molar-refractivity contribution is 5.95. The summed E-state index contributed by atoms with van der Waals surface area (Å²) in [5.74, 6) is 0.0129. The second-order valence-electron chi connectivity index (χ2n) is 4.67. The third-order valence-electron chi connectivity index (χ3n) is 3.06. The number of nitrogens with zero attached hydrogens (tertiary/aromatic N) is 1. The molecule has 0 bridgehead atoms. The first-order valence-electron chi connectivity index (χ1n) is 6.25. The summed E-state index contributed by atoms with van der Waals surface area (Å²) >= 11 is 0. The first-order chi connectivity index (χ1) is 9.06. The maximum Gasteiger partial charge on any atom is 0.316 e. The van der Waals surface area contributed by atoms with Crippen molar-refractivity contribution in [1.29, 1.82) is 0 Å². The predicted molar refractivity (Wildman–Crippen MR) is 73.0 cm³/mol. The van der Waals surface area contributed by atoms with Gasteiger partial charge in [-0.15, -0.1) is 0 Å². The first-order valence-corrected chi connectivity index (χ1v) is 6.25. The van der Waals surface area contributed by atoms with Crippen LogP contribution < -0.4 is 16.4 Å². The molecule has 4 N–H and O–H groups in total. The van der Waals surface area contributed by atoms with E-state index in [4.69, 9.17) is 5.73 Å². The van der Waals surface area contributed by atoms with E-state index in [1.54, 1.807) is 24.3 Å². The van der Waals surface area contributed by atoms with E-state index in [0.717, 1.165) is 6.54 Å². The van der Waals surface area contributed by atoms with Gasteiger partial charge in [-0.05, 0) is 31.2 Å². The Labute approximate surface area is 112 Å². The molecule has 0 aromatic heterocycles. The lowest BCUT2D eigenvalue weighted by Crippen LogP contribution is -2.51. The quantitative estimate of drug-likeness (QED) is 0.729. The number of rotatable bonds is 2. The van der Waals surface area contributed by atoms with Crippen molar-refractivity contribution in [2.45, 2.75) is 13.0 Å². The molecule has 1 aromatic carbocycles. The molecule has 6 nitrogen and oxygen atoms in total. The topological polar surface area (TPSA) is 87.5 Å². The number of hydrogen-bond donors (Lipinski definition) is 3. The molecule has 1 fully saturated rings. The van der Waals surface area contributed by atoms with Crippen molar-refractivity contribution >= 4 is 17.6 Å². The SMILES string of the molecule is C[C@@H]1CN(C(=O)c2ccc(NC(N)=O)cc2)CCN1. The third kappa shape index (κ3) is 3.45. The van der Waals surface area contributed by atoms with Crippen LogP contribution in [0.5, 0.6) is 0 Å². The summed E-state index contributed by atoms with van der Waals surface area (Å²) in [7, 11) is 0. The summed E-state index contributed by atoms with van der Waals surface area (Å²) in [5, 5.41) is 5.76. The lowest BCUT2D eigenvalue weighted by atomic mass is 10.1. The van der Waals surface area contributed by atoms with Gasteiger partial charge < -0.3 is 21.3 Å². The molecular formula is C13H18N4O2. The fraction of sp³-hybridized carbons (Fsp3) is 0.385. The molecule has 1 atom stereocenters. The van der Waals surface area contributed by atoms with Crippen LogP contribution in [0, 0.1) is 0 Å². The molecule has 1 heterocycles. The van der Waals surface area contributed by atoms with Crippen LogP contribution in [0.3, 0.4) is 0 Å². The van der Waals surface area contributed by atoms with Crippen LogP contribution in [-0.4, -0.2) is 42.5 Å². The zero-order valence-corrected chi connectivity index (χ0v) is 10.8. The van der Waals surface area contributed by atoms with Crippen LogP contribution in [0.2, 0.25) is 0 Å². The summed E-state index contributed by atoms with van der Waals surface area (Å²) in [6.45, 7) is 4.29. The highest BCUT2D eigenvalue weighted by atomic mass is 16.2. The van der Waals surface area contributed by atoms with Crippen molar-refractivity contribution < 1.29 is 9.59 Å². The van der Waals surface area contributed by atoms with Gasteiger partial charge in [0.2, 0.25) is 0 Å². The van der Waals surface area contributed by atoms with E-state index in [-0.39, 0.29) is 5.91 Å². The Kier molecular flexibility index (Phi) is 4.01. The Balaban J connectivity index is 2.04. The van der Waals surface area contributed by atoms with Crippen LogP contribution in [0.15, 0.2) is 24.3 Å². The lowest BCUT2D eigenvalue weighted by molar-refractivity contribution is 0.0709. The zero-order valence-electron chi connectivity index (χ0n) is 10.8. The summed E-state index contributed by atoms with van der Waals surface area (Å²) in [6.07, 6.45) is 0. The van der Waals surface area contributed by atoms with Gasteiger partial charge >= 0.3 is 6.03 Å². The summed E-state index contributed by atoms with van der Waals surface area (Å²) in [6, 6.07) is 6.43. The normalized spacial score (nSPS) is 19.0. The molecule has 1 aromatic rings. The number of anilines is 1. The van der Waals surface area contributed by atoms with Crippen molar-refractivity contribution in [2.24, 2.45) is 5.73 Å². The summed E-state index contributed by atoms with van der Waals surface area (Å²) < 4.78 is 0. The standard InChI is InChI=1S/C13H18N4O2/c1-9-8-17(7-6-15-9)12(18)10-2-4-11(5-3-10)16-13(14)19/h2-5,9,15H,6-8H2,1H3,(H3,14,16,19)/t9-/m1/s1. The largest absolute Gasteiger partial charge is 0.351 e. The van der Waals surface area contributed by atoms with Crippen molar-refractivity contribution in [3.8, 4) is 0 Å². The molecule has 6 heteroatoms. The maximum absolute atomic E-state index is 12.3. The fourth-order valence-electron chi connectivity index (χ4n) is 2.14. The molecule has 102 valence electrons. The van der Waals surface area contributed by atoms with Gasteiger partial charge in [0.1, 0.15) is 0 Å². The Bertz CT molecular complexity index is 472. The van der Waals surface area contributed by atoms with Gasteiger partial charge in [0, 0.05) is 36.9 Å². The van der Waals surface area contributed by atoms with Gasteiger partial charge in [-0.3, -0.25) is 4.79 Å². The van der Waals surface area contributed by atoms with Gasteiger partial charge in [-0.1, -0.05) is 0 Å². The lowest BCUT2D eigenvalue weighted by Gasteiger charge is -2.32. The number of primary amides is 1. The van der Waals surface area contributed by atoms with Crippen molar-refractivity contribution in [3.05, 3.63) is 29.8 Å². The fourth-order valence-corrected chi connectivity index (χ4v) is 2.14. The van der Waals surface area contributed by atoms with Crippen molar-refractivity contribution in [2.75, 3.05) is 25.0 Å². The number of benzene rings is 1. The number of nitrogens with one attached hydrogen (secondary N) is 2. The molecule has 1 aliphatic heterocycles. The van der Waals surface area contributed by atoms with Crippen LogP contribution in [0.25, 0.3) is 0 Å². The van der Waals surface area contributed by atoms with E-state index >= 15 is 0 Å². The number of carbonyl (C=O) groups is 2.